The van der Waals surface area contributed by atoms with Gasteiger partial charge >= 0.3 is 0 Å². The number of guanidine groups is 1. The van der Waals surface area contributed by atoms with Crippen LogP contribution in [0.2, 0.25) is 0 Å². The van der Waals surface area contributed by atoms with Gasteiger partial charge in [0.25, 0.3) is 0 Å². The maximum absolute atomic E-state index is 5.96. The number of fused-ring (bicyclic) bond motifs is 1. The summed E-state index contributed by atoms with van der Waals surface area (Å²) >= 11 is 0. The molecule has 7 heteroatoms. The smallest absolute Gasteiger partial charge is 0.191 e. The lowest BCUT2D eigenvalue weighted by molar-refractivity contribution is 0.534. The Labute approximate surface area is 193 Å². The molecule has 156 valence electrons. The Morgan fingerprint density at radius 1 is 1.00 bits per heavy atom. The van der Waals surface area contributed by atoms with Gasteiger partial charge in [0.05, 0.1) is 19.3 Å². The number of rotatable bonds is 6. The molecule has 4 rings (SSSR count). The van der Waals surface area contributed by atoms with Crippen LogP contribution in [0.15, 0.2) is 76.4 Å². The molecule has 0 saturated heterocycles. The zero-order chi connectivity index (χ0) is 20.1. The largest absolute Gasteiger partial charge is 0.459 e. The number of hydrogen-bond donors (Lipinski definition) is 2. The second-order valence-corrected chi connectivity index (χ2v) is 6.96. The quantitative estimate of drug-likeness (QED) is 0.226. The highest BCUT2D eigenvalue weighted by atomic mass is 127. The molecule has 0 aliphatic carbocycles. The van der Waals surface area contributed by atoms with Gasteiger partial charge in [-0.1, -0.05) is 48.5 Å². The Balaban J connectivity index is 0.00000256. The van der Waals surface area contributed by atoms with Gasteiger partial charge in [-0.05, 0) is 18.6 Å². The van der Waals surface area contributed by atoms with Crippen LogP contribution in [0.5, 0.6) is 0 Å². The summed E-state index contributed by atoms with van der Waals surface area (Å²) in [6.45, 7) is 4.07. The van der Waals surface area contributed by atoms with E-state index in [1.165, 1.54) is 5.56 Å². The van der Waals surface area contributed by atoms with Gasteiger partial charge in [-0.15, -0.1) is 24.0 Å². The summed E-state index contributed by atoms with van der Waals surface area (Å²) in [5.74, 6) is 1.64. The number of aryl methyl sites for hydroxylation is 1. The predicted molar refractivity (Wildman–Crippen MR) is 131 cm³/mol. The number of furan rings is 1. The minimum absolute atomic E-state index is 0. The summed E-state index contributed by atoms with van der Waals surface area (Å²) in [4.78, 5) is 4.30. The molecule has 0 radical (unpaired) electrons. The highest BCUT2D eigenvalue weighted by molar-refractivity contribution is 14.0. The van der Waals surface area contributed by atoms with E-state index in [4.69, 9.17) is 4.42 Å². The van der Waals surface area contributed by atoms with Crippen molar-refractivity contribution >= 4 is 40.9 Å². The zero-order valence-electron chi connectivity index (χ0n) is 17.1. The molecule has 0 aliphatic heterocycles. The van der Waals surface area contributed by atoms with Crippen molar-refractivity contribution in [2.45, 2.75) is 26.6 Å². The Hall–Kier alpha value is -2.81. The average molecular weight is 515 g/mol. The fraction of sp³-hybridized carbons (Fsp3) is 0.217. The van der Waals surface area contributed by atoms with Crippen molar-refractivity contribution in [2.75, 3.05) is 7.05 Å². The predicted octanol–water partition coefficient (Wildman–Crippen LogP) is 4.47. The molecule has 2 aromatic carbocycles. The first-order chi connectivity index (χ1) is 14.2. The minimum atomic E-state index is 0. The Morgan fingerprint density at radius 2 is 1.73 bits per heavy atom. The summed E-state index contributed by atoms with van der Waals surface area (Å²) in [6.07, 6.45) is 3.93. The number of halogens is 1. The zero-order valence-corrected chi connectivity index (χ0v) is 19.5. The summed E-state index contributed by atoms with van der Waals surface area (Å²) in [6, 6.07) is 18.4. The second kappa shape index (κ2) is 10.3. The van der Waals surface area contributed by atoms with E-state index in [-0.39, 0.29) is 24.0 Å². The van der Waals surface area contributed by atoms with E-state index < -0.39 is 0 Å². The van der Waals surface area contributed by atoms with E-state index >= 15 is 0 Å². The molecule has 0 atom stereocenters. The van der Waals surface area contributed by atoms with Crippen molar-refractivity contribution < 1.29 is 4.42 Å². The monoisotopic (exact) mass is 515 g/mol. The van der Waals surface area contributed by atoms with E-state index in [2.05, 4.69) is 52.0 Å². The third-order valence-electron chi connectivity index (χ3n) is 4.92. The molecular formula is C23H26IN5O. The number of aliphatic imine (C=N–C) groups is 1. The molecule has 6 nitrogen and oxygen atoms in total. The Morgan fingerprint density at radius 3 is 2.50 bits per heavy atom. The SMILES string of the molecule is CN=C(NCc1cnn(Cc2ccccc2)c1)NCc1oc2ccccc2c1C.I. The van der Waals surface area contributed by atoms with Crippen LogP contribution in [0.3, 0.4) is 0 Å². The minimum Gasteiger partial charge on any atom is -0.459 e. The van der Waals surface area contributed by atoms with Crippen LogP contribution in [-0.2, 0) is 19.6 Å². The number of nitrogens with one attached hydrogen (secondary N) is 2. The van der Waals surface area contributed by atoms with Crippen LogP contribution in [0, 0.1) is 6.92 Å². The molecular weight excluding hydrogens is 489 g/mol. The molecule has 2 N–H and O–H groups in total. The summed E-state index contributed by atoms with van der Waals surface area (Å²) in [7, 11) is 1.76. The molecule has 0 amide bonds. The number of para-hydroxylation sites is 1. The summed E-state index contributed by atoms with van der Waals surface area (Å²) < 4.78 is 7.90. The highest BCUT2D eigenvalue weighted by Crippen LogP contribution is 2.24. The summed E-state index contributed by atoms with van der Waals surface area (Å²) in [5, 5.41) is 12.2. The lowest BCUT2D eigenvalue weighted by Crippen LogP contribution is -2.36. The van der Waals surface area contributed by atoms with Crippen LogP contribution in [0.4, 0.5) is 0 Å². The third-order valence-corrected chi connectivity index (χ3v) is 4.92. The number of benzene rings is 2. The molecule has 0 aliphatic rings. The molecule has 0 bridgehead atoms. The van der Waals surface area contributed by atoms with Crippen LogP contribution in [0.25, 0.3) is 11.0 Å². The molecule has 2 aromatic heterocycles. The van der Waals surface area contributed by atoms with Crippen molar-refractivity contribution in [3.8, 4) is 0 Å². The van der Waals surface area contributed by atoms with Crippen molar-refractivity contribution in [1.29, 1.82) is 0 Å². The van der Waals surface area contributed by atoms with Crippen LogP contribution in [0.1, 0.15) is 22.5 Å². The second-order valence-electron chi connectivity index (χ2n) is 6.96. The van der Waals surface area contributed by atoms with E-state index in [0.717, 1.165) is 40.4 Å². The Bertz CT molecular complexity index is 1120. The maximum Gasteiger partial charge on any atom is 0.191 e. The van der Waals surface area contributed by atoms with Crippen molar-refractivity contribution in [3.63, 3.8) is 0 Å². The van der Waals surface area contributed by atoms with Gasteiger partial charge in [-0.2, -0.15) is 5.10 Å². The van der Waals surface area contributed by atoms with Crippen molar-refractivity contribution in [3.05, 3.63) is 89.4 Å². The third kappa shape index (κ3) is 5.21. The van der Waals surface area contributed by atoms with Gasteiger partial charge in [-0.3, -0.25) is 9.67 Å². The van der Waals surface area contributed by atoms with E-state index in [0.29, 0.717) is 13.1 Å². The fourth-order valence-electron chi connectivity index (χ4n) is 3.32. The first-order valence-electron chi connectivity index (χ1n) is 9.69. The number of aromatic nitrogens is 2. The molecule has 0 unspecified atom stereocenters. The lowest BCUT2D eigenvalue weighted by Gasteiger charge is -2.10. The standard InChI is InChI=1S/C23H25N5O.HI/c1-17-20-10-6-7-11-21(20)29-22(17)14-26-23(24-2)25-12-19-13-27-28(16-19)15-18-8-4-3-5-9-18;/h3-11,13,16H,12,14-15H2,1-2H3,(H2,24,25,26);1H. The Kier molecular flexibility index (Phi) is 7.51. The van der Waals surface area contributed by atoms with Gasteiger partial charge < -0.3 is 15.1 Å². The highest BCUT2D eigenvalue weighted by Gasteiger charge is 2.10. The fourth-order valence-corrected chi connectivity index (χ4v) is 3.32. The normalized spacial score (nSPS) is 11.3. The van der Waals surface area contributed by atoms with Crippen molar-refractivity contribution in [2.24, 2.45) is 4.99 Å². The van der Waals surface area contributed by atoms with Crippen LogP contribution >= 0.6 is 24.0 Å². The van der Waals surface area contributed by atoms with Crippen LogP contribution < -0.4 is 10.6 Å². The van der Waals surface area contributed by atoms with Crippen LogP contribution in [-0.4, -0.2) is 22.8 Å². The first kappa shape index (κ1) is 21.9. The van der Waals surface area contributed by atoms with Crippen molar-refractivity contribution in [1.82, 2.24) is 20.4 Å². The summed E-state index contributed by atoms with van der Waals surface area (Å²) in [5.41, 5.74) is 4.40. The van der Waals surface area contributed by atoms with Gasteiger partial charge in [-0.25, -0.2) is 0 Å². The topological polar surface area (TPSA) is 67.4 Å². The van der Waals surface area contributed by atoms with E-state index in [1.54, 1.807) is 7.05 Å². The molecule has 2 heterocycles. The van der Waals surface area contributed by atoms with Gasteiger partial charge in [0.2, 0.25) is 0 Å². The molecule has 4 aromatic rings. The van der Waals surface area contributed by atoms with Gasteiger partial charge in [0, 0.05) is 36.3 Å². The number of hydrogen-bond acceptors (Lipinski definition) is 3. The van der Waals surface area contributed by atoms with Gasteiger partial charge in [0.15, 0.2) is 5.96 Å². The maximum atomic E-state index is 5.96. The number of nitrogens with zero attached hydrogens (tertiary/aromatic N) is 3. The average Bonchev–Trinajstić information content (AvgIpc) is 3.33. The van der Waals surface area contributed by atoms with E-state index in [9.17, 15) is 0 Å². The molecule has 0 spiro atoms. The van der Waals surface area contributed by atoms with Gasteiger partial charge in [0.1, 0.15) is 11.3 Å². The molecule has 0 fully saturated rings. The van der Waals surface area contributed by atoms with E-state index in [1.807, 2.05) is 47.3 Å². The molecule has 0 saturated carbocycles. The first-order valence-corrected chi connectivity index (χ1v) is 9.69. The molecule has 30 heavy (non-hydrogen) atoms. The lowest BCUT2D eigenvalue weighted by atomic mass is 10.1.